The highest BCUT2D eigenvalue weighted by Crippen LogP contribution is 2.26. The van der Waals surface area contributed by atoms with Crippen LogP contribution in [0.3, 0.4) is 0 Å². The first kappa shape index (κ1) is 15.0. The Morgan fingerprint density at radius 3 is 2.61 bits per heavy atom. The van der Waals surface area contributed by atoms with Gasteiger partial charge < -0.3 is 10.1 Å². The van der Waals surface area contributed by atoms with Gasteiger partial charge in [-0.2, -0.15) is 0 Å². The van der Waals surface area contributed by atoms with Gasteiger partial charge in [-0.05, 0) is 55.8 Å². The molecule has 1 amide bonds. The highest BCUT2D eigenvalue weighted by molar-refractivity contribution is 9.10. The maximum absolute atomic E-state index is 13.1. The summed E-state index contributed by atoms with van der Waals surface area (Å²) in [5, 5.41) is 2.80. The summed E-state index contributed by atoms with van der Waals surface area (Å²) < 4.78 is 19.1. The summed E-state index contributed by atoms with van der Waals surface area (Å²) in [6, 6.07) is 4.10. The summed E-state index contributed by atoms with van der Waals surface area (Å²) in [6.45, 7) is 7.28. The normalized spacial score (nSPS) is 13.0. The van der Waals surface area contributed by atoms with E-state index in [4.69, 9.17) is 4.74 Å². The van der Waals surface area contributed by atoms with Crippen LogP contribution < -0.4 is 10.1 Å². The molecule has 0 saturated carbocycles. The number of hydrogen-bond donors (Lipinski definition) is 1. The summed E-state index contributed by atoms with van der Waals surface area (Å²) in [6.07, 6.45) is -0.692. The molecule has 1 rings (SSSR count). The molecule has 0 heterocycles. The minimum atomic E-state index is -0.692. The summed E-state index contributed by atoms with van der Waals surface area (Å²) in [5.74, 6) is -0.332. The van der Waals surface area contributed by atoms with Crippen LogP contribution in [0.1, 0.15) is 27.7 Å². The molecule has 3 nitrogen and oxygen atoms in total. The lowest BCUT2D eigenvalue weighted by molar-refractivity contribution is -0.128. The maximum atomic E-state index is 13.1. The third-order valence-electron chi connectivity index (χ3n) is 2.06. The zero-order chi connectivity index (χ0) is 13.9. The number of halogens is 2. The van der Waals surface area contributed by atoms with E-state index in [0.29, 0.717) is 10.2 Å². The van der Waals surface area contributed by atoms with E-state index in [1.54, 1.807) is 13.0 Å². The van der Waals surface area contributed by atoms with Gasteiger partial charge in [-0.15, -0.1) is 0 Å². The summed E-state index contributed by atoms with van der Waals surface area (Å²) >= 11 is 3.25. The van der Waals surface area contributed by atoms with Crippen molar-refractivity contribution in [2.24, 2.45) is 0 Å². The molecule has 1 N–H and O–H groups in total. The molecule has 0 saturated heterocycles. The number of carbonyl (C=O) groups excluding carboxylic acids is 1. The number of nitrogens with one attached hydrogen (secondary N) is 1. The quantitative estimate of drug-likeness (QED) is 0.929. The summed E-state index contributed by atoms with van der Waals surface area (Å²) in [5.41, 5.74) is -0.326. The average molecular weight is 318 g/mol. The highest BCUT2D eigenvalue weighted by Gasteiger charge is 2.21. The van der Waals surface area contributed by atoms with E-state index >= 15 is 0 Å². The van der Waals surface area contributed by atoms with Crippen molar-refractivity contribution in [3.05, 3.63) is 28.5 Å². The standard InChI is InChI=1S/C13H17BrFNO2/c1-8(12(17)16-13(2,3)4)18-11-7-9(15)5-6-10(11)14/h5-8H,1-4H3,(H,16,17). The van der Waals surface area contributed by atoms with Gasteiger partial charge in [0.15, 0.2) is 6.10 Å². The van der Waals surface area contributed by atoms with Crippen molar-refractivity contribution in [3.63, 3.8) is 0 Å². The Kier molecular flexibility index (Phi) is 4.73. The van der Waals surface area contributed by atoms with E-state index in [2.05, 4.69) is 21.2 Å². The van der Waals surface area contributed by atoms with Crippen molar-refractivity contribution in [3.8, 4) is 5.75 Å². The largest absolute Gasteiger partial charge is 0.480 e. The number of rotatable bonds is 3. The first-order valence-electron chi connectivity index (χ1n) is 5.63. The Morgan fingerprint density at radius 1 is 1.44 bits per heavy atom. The van der Waals surface area contributed by atoms with Gasteiger partial charge in [-0.1, -0.05) is 0 Å². The lowest BCUT2D eigenvalue weighted by Gasteiger charge is -2.23. The molecule has 1 aromatic rings. The van der Waals surface area contributed by atoms with Crippen LogP contribution in [0.15, 0.2) is 22.7 Å². The van der Waals surface area contributed by atoms with Crippen LogP contribution in [-0.2, 0) is 4.79 Å². The lowest BCUT2D eigenvalue weighted by Crippen LogP contribution is -2.46. The first-order chi connectivity index (χ1) is 8.19. The van der Waals surface area contributed by atoms with Gasteiger partial charge >= 0.3 is 0 Å². The molecular weight excluding hydrogens is 301 g/mol. The molecule has 1 atom stereocenters. The monoisotopic (exact) mass is 317 g/mol. The predicted molar refractivity (Wildman–Crippen MR) is 72.1 cm³/mol. The fraction of sp³-hybridized carbons (Fsp3) is 0.462. The molecule has 0 fully saturated rings. The van der Waals surface area contributed by atoms with Gasteiger partial charge in [0, 0.05) is 11.6 Å². The topological polar surface area (TPSA) is 38.3 Å². The Hall–Kier alpha value is -1.10. The molecule has 0 radical (unpaired) electrons. The van der Waals surface area contributed by atoms with E-state index in [-0.39, 0.29) is 11.4 Å². The number of amides is 1. The first-order valence-corrected chi connectivity index (χ1v) is 6.42. The van der Waals surface area contributed by atoms with Crippen LogP contribution in [0, 0.1) is 5.82 Å². The third-order valence-corrected chi connectivity index (χ3v) is 2.72. The number of hydrogen-bond acceptors (Lipinski definition) is 2. The molecule has 0 aliphatic heterocycles. The molecule has 0 aromatic heterocycles. The molecule has 1 aromatic carbocycles. The molecule has 100 valence electrons. The van der Waals surface area contributed by atoms with Crippen LogP contribution in [0.5, 0.6) is 5.75 Å². The second-order valence-electron chi connectivity index (χ2n) is 5.07. The Bertz CT molecular complexity index is 443. The van der Waals surface area contributed by atoms with Gasteiger partial charge in [0.2, 0.25) is 0 Å². The van der Waals surface area contributed by atoms with Gasteiger partial charge in [0.05, 0.1) is 4.47 Å². The van der Waals surface area contributed by atoms with E-state index < -0.39 is 11.9 Å². The number of carbonyl (C=O) groups is 1. The van der Waals surface area contributed by atoms with Crippen molar-refractivity contribution in [2.75, 3.05) is 0 Å². The molecule has 0 aliphatic rings. The van der Waals surface area contributed by atoms with E-state index in [1.807, 2.05) is 20.8 Å². The van der Waals surface area contributed by atoms with Crippen molar-refractivity contribution < 1.29 is 13.9 Å². The smallest absolute Gasteiger partial charge is 0.261 e. The van der Waals surface area contributed by atoms with E-state index in [0.717, 1.165) is 0 Å². The lowest BCUT2D eigenvalue weighted by atomic mass is 10.1. The van der Waals surface area contributed by atoms with Crippen LogP contribution >= 0.6 is 15.9 Å². The average Bonchev–Trinajstić information content (AvgIpc) is 2.21. The minimum Gasteiger partial charge on any atom is -0.480 e. The van der Waals surface area contributed by atoms with Crippen molar-refractivity contribution >= 4 is 21.8 Å². The van der Waals surface area contributed by atoms with Crippen molar-refractivity contribution in [1.82, 2.24) is 5.32 Å². The summed E-state index contributed by atoms with van der Waals surface area (Å²) in [7, 11) is 0. The van der Waals surface area contributed by atoms with Crippen molar-refractivity contribution in [2.45, 2.75) is 39.3 Å². The number of benzene rings is 1. The molecule has 5 heteroatoms. The van der Waals surface area contributed by atoms with Crippen LogP contribution in [0.2, 0.25) is 0 Å². The molecule has 0 bridgehead atoms. The fourth-order valence-electron chi connectivity index (χ4n) is 1.28. The van der Waals surface area contributed by atoms with Gasteiger partial charge in [-0.3, -0.25) is 4.79 Å². The Morgan fingerprint density at radius 2 is 2.06 bits per heavy atom. The minimum absolute atomic E-state index is 0.237. The van der Waals surface area contributed by atoms with E-state index in [1.165, 1.54) is 12.1 Å². The van der Waals surface area contributed by atoms with E-state index in [9.17, 15) is 9.18 Å². The molecule has 1 unspecified atom stereocenters. The van der Waals surface area contributed by atoms with Crippen LogP contribution in [0.25, 0.3) is 0 Å². The predicted octanol–water partition coefficient (Wildman–Crippen LogP) is 3.27. The Labute approximate surface area is 115 Å². The van der Waals surface area contributed by atoms with Gasteiger partial charge in [0.1, 0.15) is 11.6 Å². The molecular formula is C13H17BrFNO2. The van der Waals surface area contributed by atoms with Gasteiger partial charge in [0.25, 0.3) is 5.91 Å². The zero-order valence-corrected chi connectivity index (χ0v) is 12.5. The summed E-state index contributed by atoms with van der Waals surface area (Å²) in [4.78, 5) is 11.8. The molecule has 0 aliphatic carbocycles. The second-order valence-corrected chi connectivity index (χ2v) is 5.93. The molecule has 0 spiro atoms. The third kappa shape index (κ3) is 4.64. The van der Waals surface area contributed by atoms with Crippen LogP contribution in [0.4, 0.5) is 4.39 Å². The molecule has 18 heavy (non-hydrogen) atoms. The maximum Gasteiger partial charge on any atom is 0.261 e. The fourth-order valence-corrected chi connectivity index (χ4v) is 1.62. The van der Waals surface area contributed by atoms with Crippen molar-refractivity contribution in [1.29, 1.82) is 0 Å². The highest BCUT2D eigenvalue weighted by atomic mass is 79.9. The SMILES string of the molecule is CC(Oc1cc(F)ccc1Br)C(=O)NC(C)(C)C. The Balaban J connectivity index is 2.72. The van der Waals surface area contributed by atoms with Gasteiger partial charge in [-0.25, -0.2) is 4.39 Å². The van der Waals surface area contributed by atoms with Crippen LogP contribution in [-0.4, -0.2) is 17.6 Å². The number of ether oxygens (including phenoxy) is 1. The zero-order valence-electron chi connectivity index (χ0n) is 10.9. The second kappa shape index (κ2) is 5.69.